The summed E-state index contributed by atoms with van der Waals surface area (Å²) in [7, 11) is 0. The van der Waals surface area contributed by atoms with Crippen LogP contribution in [-0.2, 0) is 0 Å². The van der Waals surface area contributed by atoms with Gasteiger partial charge in [0, 0.05) is 37.7 Å². The van der Waals surface area contributed by atoms with Gasteiger partial charge in [0.15, 0.2) is 5.82 Å². The summed E-state index contributed by atoms with van der Waals surface area (Å²) < 4.78 is 12.5. The molecule has 0 bridgehead atoms. The minimum atomic E-state index is 0.858. The van der Waals surface area contributed by atoms with Crippen LogP contribution in [0.1, 0.15) is 5.82 Å². The maximum absolute atomic E-state index is 4.41. The van der Waals surface area contributed by atoms with E-state index in [0.717, 1.165) is 43.0 Å². The Bertz CT molecular complexity index is 473. The van der Waals surface area contributed by atoms with Crippen LogP contribution >= 0.6 is 23.3 Å². The molecule has 2 aromatic rings. The number of aryl methyl sites for hydroxylation is 1. The predicted molar refractivity (Wildman–Crippen MR) is 69.0 cm³/mol. The van der Waals surface area contributed by atoms with Gasteiger partial charge in [-0.2, -0.15) is 13.1 Å². The second-order valence-electron chi connectivity index (χ2n) is 3.86. The number of aromatic nitrogens is 4. The normalized spacial score (nSPS) is 16.5. The van der Waals surface area contributed by atoms with Crippen molar-refractivity contribution in [3.63, 3.8) is 0 Å². The van der Waals surface area contributed by atoms with Gasteiger partial charge in [-0.05, 0) is 6.92 Å². The Morgan fingerprint density at radius 2 is 1.88 bits per heavy atom. The van der Waals surface area contributed by atoms with Crippen LogP contribution in [0, 0.1) is 6.92 Å². The highest BCUT2D eigenvalue weighted by Gasteiger charge is 2.20. The van der Waals surface area contributed by atoms with Gasteiger partial charge in [-0.15, -0.1) is 0 Å². The van der Waals surface area contributed by atoms with Gasteiger partial charge in [0.05, 0.1) is 17.9 Å². The van der Waals surface area contributed by atoms with Crippen molar-refractivity contribution < 1.29 is 0 Å². The van der Waals surface area contributed by atoms with Crippen molar-refractivity contribution in [1.29, 1.82) is 0 Å². The number of anilines is 2. The van der Waals surface area contributed by atoms with E-state index in [4.69, 9.17) is 0 Å². The Hall–Kier alpha value is -1.28. The molecule has 0 aromatic carbocycles. The van der Waals surface area contributed by atoms with Crippen molar-refractivity contribution in [2.45, 2.75) is 6.92 Å². The molecule has 8 heteroatoms. The van der Waals surface area contributed by atoms with Crippen LogP contribution in [0.4, 0.5) is 10.9 Å². The monoisotopic (exact) mass is 268 g/mol. The molecular weight excluding hydrogens is 256 g/mol. The third-order valence-electron chi connectivity index (χ3n) is 2.74. The second-order valence-corrected chi connectivity index (χ2v) is 5.15. The van der Waals surface area contributed by atoms with Crippen LogP contribution in [0.15, 0.2) is 6.20 Å². The SMILES string of the molecule is Cc1nsc(N2CCN(c3cnsn3)CC2)n1. The van der Waals surface area contributed by atoms with E-state index in [-0.39, 0.29) is 0 Å². The molecule has 2 aromatic heterocycles. The Balaban J connectivity index is 1.64. The zero-order valence-corrected chi connectivity index (χ0v) is 11.0. The third-order valence-corrected chi connectivity index (χ3v) is 4.08. The fraction of sp³-hybridized carbons (Fsp3) is 0.556. The number of rotatable bonds is 2. The molecule has 0 radical (unpaired) electrons. The largest absolute Gasteiger partial charge is 0.351 e. The minimum absolute atomic E-state index is 0.858. The summed E-state index contributed by atoms with van der Waals surface area (Å²) in [6.07, 6.45) is 1.83. The first-order chi connectivity index (χ1) is 8.33. The second kappa shape index (κ2) is 4.53. The van der Waals surface area contributed by atoms with Gasteiger partial charge in [0.1, 0.15) is 5.82 Å². The number of hydrogen-bond donors (Lipinski definition) is 0. The molecular formula is C9H12N6S2. The Kier molecular flexibility index (Phi) is 2.89. The van der Waals surface area contributed by atoms with Crippen LogP contribution in [0.3, 0.4) is 0 Å². The highest BCUT2D eigenvalue weighted by molar-refractivity contribution is 7.09. The molecule has 3 heterocycles. The van der Waals surface area contributed by atoms with Crippen molar-refractivity contribution in [2.24, 2.45) is 0 Å². The molecule has 0 spiro atoms. The molecule has 1 aliphatic heterocycles. The zero-order valence-electron chi connectivity index (χ0n) is 9.41. The van der Waals surface area contributed by atoms with Crippen molar-refractivity contribution in [2.75, 3.05) is 36.0 Å². The lowest BCUT2D eigenvalue weighted by Crippen LogP contribution is -2.46. The average molecular weight is 268 g/mol. The number of piperazine rings is 1. The Morgan fingerprint density at radius 1 is 1.12 bits per heavy atom. The smallest absolute Gasteiger partial charge is 0.205 e. The Labute approximate surface area is 107 Å². The molecule has 0 unspecified atom stereocenters. The molecule has 0 atom stereocenters. The third kappa shape index (κ3) is 2.22. The first-order valence-corrected chi connectivity index (χ1v) is 6.91. The molecule has 0 N–H and O–H groups in total. The number of hydrogen-bond acceptors (Lipinski definition) is 8. The lowest BCUT2D eigenvalue weighted by molar-refractivity contribution is 0.647. The lowest BCUT2D eigenvalue weighted by atomic mass is 10.3. The predicted octanol–water partition coefficient (Wildman–Crippen LogP) is 1.02. The zero-order chi connectivity index (χ0) is 11.7. The van der Waals surface area contributed by atoms with Crippen molar-refractivity contribution in [1.82, 2.24) is 18.1 Å². The molecule has 1 aliphatic rings. The van der Waals surface area contributed by atoms with Gasteiger partial charge in [0.2, 0.25) is 5.13 Å². The van der Waals surface area contributed by atoms with Gasteiger partial charge >= 0.3 is 0 Å². The highest BCUT2D eigenvalue weighted by atomic mass is 32.1. The minimum Gasteiger partial charge on any atom is -0.351 e. The maximum atomic E-state index is 4.41. The summed E-state index contributed by atoms with van der Waals surface area (Å²) in [5.41, 5.74) is 0. The molecule has 1 fully saturated rings. The van der Waals surface area contributed by atoms with Crippen LogP contribution in [-0.4, -0.2) is 44.3 Å². The lowest BCUT2D eigenvalue weighted by Gasteiger charge is -2.34. The fourth-order valence-corrected chi connectivity index (χ4v) is 3.00. The molecule has 6 nitrogen and oxygen atoms in total. The summed E-state index contributed by atoms with van der Waals surface area (Å²) in [6.45, 7) is 5.78. The van der Waals surface area contributed by atoms with E-state index in [0.29, 0.717) is 0 Å². The molecule has 0 amide bonds. The Morgan fingerprint density at radius 3 is 2.47 bits per heavy atom. The van der Waals surface area contributed by atoms with E-state index in [2.05, 4.69) is 27.9 Å². The summed E-state index contributed by atoms with van der Waals surface area (Å²) in [5.74, 6) is 1.85. The van der Waals surface area contributed by atoms with E-state index >= 15 is 0 Å². The summed E-state index contributed by atoms with van der Waals surface area (Å²) in [6, 6.07) is 0. The van der Waals surface area contributed by atoms with Crippen LogP contribution in [0.5, 0.6) is 0 Å². The van der Waals surface area contributed by atoms with E-state index in [1.54, 1.807) is 0 Å². The van der Waals surface area contributed by atoms with Gasteiger partial charge < -0.3 is 9.80 Å². The highest BCUT2D eigenvalue weighted by Crippen LogP contribution is 2.20. The summed E-state index contributed by atoms with van der Waals surface area (Å²) >= 11 is 2.73. The van der Waals surface area contributed by atoms with Crippen molar-refractivity contribution in [3.8, 4) is 0 Å². The fourth-order valence-electron chi connectivity index (χ4n) is 1.84. The molecule has 90 valence electrons. The summed E-state index contributed by atoms with van der Waals surface area (Å²) in [5, 5.41) is 1.03. The van der Waals surface area contributed by atoms with E-state index in [1.807, 2.05) is 13.1 Å². The average Bonchev–Trinajstić information content (AvgIpc) is 3.00. The molecule has 3 rings (SSSR count). The van der Waals surface area contributed by atoms with Crippen molar-refractivity contribution in [3.05, 3.63) is 12.0 Å². The van der Waals surface area contributed by atoms with E-state index < -0.39 is 0 Å². The molecule has 1 saturated heterocycles. The topological polar surface area (TPSA) is 58.0 Å². The van der Waals surface area contributed by atoms with E-state index in [9.17, 15) is 0 Å². The van der Waals surface area contributed by atoms with Crippen LogP contribution < -0.4 is 9.80 Å². The van der Waals surface area contributed by atoms with Gasteiger partial charge in [-0.3, -0.25) is 0 Å². The van der Waals surface area contributed by atoms with Gasteiger partial charge in [-0.25, -0.2) is 4.98 Å². The first-order valence-electron chi connectivity index (χ1n) is 5.41. The standard InChI is InChI=1S/C9H12N6S2/c1-7-11-9(16-12-7)15-4-2-14(3-5-15)8-6-10-17-13-8/h6H,2-5H2,1H3. The van der Waals surface area contributed by atoms with Gasteiger partial charge in [-0.1, -0.05) is 0 Å². The summed E-state index contributed by atoms with van der Waals surface area (Å²) in [4.78, 5) is 8.95. The van der Waals surface area contributed by atoms with Gasteiger partial charge in [0.25, 0.3) is 0 Å². The number of nitrogens with zero attached hydrogens (tertiary/aromatic N) is 6. The van der Waals surface area contributed by atoms with Crippen LogP contribution in [0.2, 0.25) is 0 Å². The quantitative estimate of drug-likeness (QED) is 0.810. The molecule has 0 saturated carbocycles. The van der Waals surface area contributed by atoms with E-state index in [1.165, 1.54) is 23.3 Å². The first kappa shape index (κ1) is 10.8. The molecule has 17 heavy (non-hydrogen) atoms. The molecule has 0 aliphatic carbocycles. The van der Waals surface area contributed by atoms with Crippen molar-refractivity contribution >= 4 is 34.2 Å². The maximum Gasteiger partial charge on any atom is 0.205 e. The van der Waals surface area contributed by atoms with Crippen LogP contribution in [0.25, 0.3) is 0 Å².